The Hall–Kier alpha value is -2.50. The molecule has 4 N–H and O–H groups in total. The van der Waals surface area contributed by atoms with E-state index in [1.807, 2.05) is 11.1 Å². The number of hydrogen-bond donors (Lipinski definition) is 4. The normalized spacial score (nSPS) is 27.6. The average molecular weight is 494 g/mol. The minimum absolute atomic E-state index is 0.0826. The van der Waals surface area contributed by atoms with Crippen molar-refractivity contribution in [2.24, 2.45) is 11.8 Å². The Kier molecular flexibility index (Phi) is 9.64. The Morgan fingerprint density at radius 3 is 2.43 bits per heavy atom. The Labute approximate surface area is 206 Å². The number of fused-ring (bicyclic) bond motifs is 5. The van der Waals surface area contributed by atoms with E-state index in [1.165, 1.54) is 19.3 Å². The molecule has 0 unspecified atom stereocenters. The zero-order valence-corrected chi connectivity index (χ0v) is 20.7. The number of likely N-dealkylation sites (tertiary alicyclic amines) is 1. The summed E-state index contributed by atoms with van der Waals surface area (Å²) in [5, 5.41) is 28.3. The lowest BCUT2D eigenvalue weighted by molar-refractivity contribution is -0.135. The van der Waals surface area contributed by atoms with Gasteiger partial charge >= 0.3 is 0 Å². The van der Waals surface area contributed by atoms with E-state index in [4.69, 9.17) is 19.8 Å². The molecule has 4 atom stereocenters. The summed E-state index contributed by atoms with van der Waals surface area (Å²) in [6.45, 7) is 7.82. The van der Waals surface area contributed by atoms with Crippen molar-refractivity contribution in [1.29, 1.82) is 0 Å². The van der Waals surface area contributed by atoms with Crippen molar-refractivity contribution in [3.8, 4) is 0 Å². The third-order valence-electron chi connectivity index (χ3n) is 7.23. The molecule has 0 aromatic carbocycles. The fourth-order valence-corrected chi connectivity index (χ4v) is 5.96. The number of carbonyl (C=O) groups excluding carboxylic acids is 1. The number of nitrogens with zero attached hydrogens (tertiary/aromatic N) is 4. The summed E-state index contributed by atoms with van der Waals surface area (Å²) >= 11 is 0. The molecule has 3 saturated heterocycles. The van der Waals surface area contributed by atoms with Crippen LogP contribution in [0.25, 0.3) is 0 Å². The van der Waals surface area contributed by atoms with Crippen molar-refractivity contribution in [2.75, 3.05) is 39.3 Å². The summed E-state index contributed by atoms with van der Waals surface area (Å²) in [7, 11) is 0. The van der Waals surface area contributed by atoms with Gasteiger partial charge in [0.15, 0.2) is 0 Å². The molecule has 35 heavy (non-hydrogen) atoms. The second-order valence-corrected chi connectivity index (χ2v) is 9.79. The van der Waals surface area contributed by atoms with Crippen molar-refractivity contribution in [3.63, 3.8) is 0 Å². The van der Waals surface area contributed by atoms with E-state index in [-0.39, 0.29) is 18.6 Å². The van der Waals surface area contributed by atoms with Crippen LogP contribution < -0.4 is 5.32 Å². The lowest BCUT2D eigenvalue weighted by Crippen LogP contribution is -2.65. The summed E-state index contributed by atoms with van der Waals surface area (Å²) in [6.07, 6.45) is 7.71. The van der Waals surface area contributed by atoms with Crippen LogP contribution in [0.2, 0.25) is 0 Å². The van der Waals surface area contributed by atoms with E-state index in [0.717, 1.165) is 71.8 Å². The third-order valence-corrected chi connectivity index (χ3v) is 7.23. The zero-order chi connectivity index (χ0) is 25.5. The molecule has 0 radical (unpaired) electrons. The van der Waals surface area contributed by atoms with Gasteiger partial charge in [-0.25, -0.2) is 4.98 Å². The van der Waals surface area contributed by atoms with Crippen LogP contribution >= 0.6 is 0 Å². The van der Waals surface area contributed by atoms with E-state index in [1.54, 1.807) is 0 Å². The van der Waals surface area contributed by atoms with Gasteiger partial charge in [-0.2, -0.15) is 0 Å². The van der Waals surface area contributed by atoms with Crippen LogP contribution in [0.4, 0.5) is 0 Å². The number of aliphatic carboxylic acids is 2. The molecule has 0 aliphatic carbocycles. The van der Waals surface area contributed by atoms with Crippen molar-refractivity contribution < 1.29 is 29.7 Å². The molecule has 4 aliphatic rings. The number of nitrogens with one attached hydrogen (secondary N) is 1. The Morgan fingerprint density at radius 2 is 1.74 bits per heavy atom. The maximum Gasteiger partial charge on any atom is 0.300 e. The predicted molar refractivity (Wildman–Crippen MR) is 128 cm³/mol. The molecule has 0 saturated carbocycles. The molecule has 5 rings (SSSR count). The van der Waals surface area contributed by atoms with E-state index in [2.05, 4.69) is 19.8 Å². The van der Waals surface area contributed by atoms with E-state index >= 15 is 0 Å². The number of piperidine rings is 3. The van der Waals surface area contributed by atoms with Gasteiger partial charge in [-0.05, 0) is 37.6 Å². The first-order valence-corrected chi connectivity index (χ1v) is 12.5. The Balaban J connectivity index is 0.000000376. The summed E-state index contributed by atoms with van der Waals surface area (Å²) in [5.74, 6) is 0.364. The van der Waals surface area contributed by atoms with Gasteiger partial charge < -0.3 is 30.1 Å². The highest BCUT2D eigenvalue weighted by atomic mass is 16.4. The molecule has 11 nitrogen and oxygen atoms in total. The number of carboxylic acid groups (broad SMARTS) is 2. The van der Waals surface area contributed by atoms with E-state index in [0.29, 0.717) is 23.6 Å². The van der Waals surface area contributed by atoms with Gasteiger partial charge in [0.2, 0.25) is 0 Å². The van der Waals surface area contributed by atoms with Gasteiger partial charge in [0.25, 0.3) is 17.8 Å². The summed E-state index contributed by atoms with van der Waals surface area (Å²) < 4.78 is 2.14. The number of rotatable bonds is 2. The highest BCUT2D eigenvalue weighted by Gasteiger charge is 2.47. The number of carbonyl (C=O) groups is 3. The van der Waals surface area contributed by atoms with Gasteiger partial charge in [-0.3, -0.25) is 19.3 Å². The minimum atomic E-state index is -0.833. The van der Waals surface area contributed by atoms with Crippen molar-refractivity contribution in [3.05, 3.63) is 17.7 Å². The Bertz CT molecular complexity index is 832. The van der Waals surface area contributed by atoms with Crippen LogP contribution in [-0.2, 0) is 22.6 Å². The SMILES string of the molecule is CC(=O)O.CC(=O)O.O=C(c1cn2c(n1)CCNCC2)N1C[C@H]2C[C@@H](C1)[C@H](CO)N1CCCC[C@@H]21. The molecule has 1 aromatic heterocycles. The molecule has 0 spiro atoms. The van der Waals surface area contributed by atoms with Crippen LogP contribution in [0.3, 0.4) is 0 Å². The second-order valence-electron chi connectivity index (χ2n) is 9.79. The predicted octanol–water partition coefficient (Wildman–Crippen LogP) is 0.518. The minimum Gasteiger partial charge on any atom is -0.481 e. The standard InChI is InChI=1S/C20H31N5O2.2C2H4O2/c26-13-18-15-9-14(17-3-1-2-7-25(17)18)10-24(11-15)20(27)16-12-23-8-6-21-5-4-19(23)22-16;2*1-2(3)4/h12,14-15,17-18,21,26H,1-11,13H2;2*1H3,(H,3,4)/t14-,15+,17+,18+;;/m1../s1. The lowest BCUT2D eigenvalue weighted by atomic mass is 9.72. The smallest absolute Gasteiger partial charge is 0.300 e. The number of hydrogen-bond acceptors (Lipinski definition) is 7. The summed E-state index contributed by atoms with van der Waals surface area (Å²) in [6, 6.07) is 0.750. The van der Waals surface area contributed by atoms with Gasteiger partial charge in [-0.15, -0.1) is 0 Å². The number of carboxylic acids is 2. The third kappa shape index (κ3) is 7.02. The van der Waals surface area contributed by atoms with E-state index < -0.39 is 11.9 Å². The monoisotopic (exact) mass is 493 g/mol. The number of amides is 1. The van der Waals surface area contributed by atoms with Crippen LogP contribution in [0.1, 0.15) is 55.8 Å². The molecular weight excluding hydrogens is 454 g/mol. The molecule has 5 heterocycles. The molecule has 11 heteroatoms. The molecule has 1 amide bonds. The molecule has 2 bridgehead atoms. The second kappa shape index (κ2) is 12.5. The number of aliphatic hydroxyl groups excluding tert-OH is 1. The number of aliphatic hydroxyl groups is 1. The van der Waals surface area contributed by atoms with E-state index in [9.17, 15) is 9.90 Å². The van der Waals surface area contributed by atoms with Gasteiger partial charge in [0.1, 0.15) is 11.5 Å². The first-order chi connectivity index (χ1) is 16.7. The lowest BCUT2D eigenvalue weighted by Gasteiger charge is -2.56. The van der Waals surface area contributed by atoms with Gasteiger partial charge in [0.05, 0.1) is 6.61 Å². The zero-order valence-electron chi connectivity index (χ0n) is 20.7. The maximum atomic E-state index is 13.2. The molecule has 196 valence electrons. The molecular formula is C24H39N5O6. The average Bonchev–Trinajstić information content (AvgIpc) is 3.08. The summed E-state index contributed by atoms with van der Waals surface area (Å²) in [4.78, 5) is 40.5. The number of imidazole rings is 1. The van der Waals surface area contributed by atoms with Crippen LogP contribution in [0.5, 0.6) is 0 Å². The van der Waals surface area contributed by atoms with Gasteiger partial charge in [0, 0.05) is 71.3 Å². The molecule has 1 aromatic rings. The highest BCUT2D eigenvalue weighted by molar-refractivity contribution is 5.92. The number of aromatic nitrogens is 2. The molecule has 4 aliphatic heterocycles. The van der Waals surface area contributed by atoms with Crippen LogP contribution in [0.15, 0.2) is 6.20 Å². The summed E-state index contributed by atoms with van der Waals surface area (Å²) in [5.41, 5.74) is 0.605. The first kappa shape index (κ1) is 27.1. The van der Waals surface area contributed by atoms with Crippen molar-refractivity contribution in [1.82, 2.24) is 24.7 Å². The first-order valence-electron chi connectivity index (χ1n) is 12.5. The van der Waals surface area contributed by atoms with Gasteiger partial charge in [-0.1, -0.05) is 6.42 Å². The van der Waals surface area contributed by atoms with Crippen molar-refractivity contribution >= 4 is 17.8 Å². The fraction of sp³-hybridized carbons (Fsp3) is 0.750. The maximum absolute atomic E-state index is 13.2. The van der Waals surface area contributed by atoms with Crippen LogP contribution in [-0.4, -0.2) is 104 Å². The fourth-order valence-electron chi connectivity index (χ4n) is 5.96. The molecule has 3 fully saturated rings. The van der Waals surface area contributed by atoms with Crippen LogP contribution in [0, 0.1) is 11.8 Å². The quantitative estimate of drug-likeness (QED) is 0.463. The Morgan fingerprint density at radius 1 is 1.06 bits per heavy atom. The van der Waals surface area contributed by atoms with Crippen molar-refractivity contribution in [2.45, 2.75) is 64.6 Å². The topological polar surface area (TPSA) is 148 Å². The highest BCUT2D eigenvalue weighted by Crippen LogP contribution is 2.41. The largest absolute Gasteiger partial charge is 0.481 e.